The second kappa shape index (κ2) is 9.05. The molecule has 6 rings (SSSR count). The summed E-state index contributed by atoms with van der Waals surface area (Å²) < 4.78 is 0. The van der Waals surface area contributed by atoms with E-state index < -0.39 is 0 Å². The Balaban J connectivity index is 1.33. The van der Waals surface area contributed by atoms with Crippen molar-refractivity contribution >= 4 is 28.2 Å². The minimum Gasteiger partial charge on any atom is -0.361 e. The zero-order valence-corrected chi connectivity index (χ0v) is 19.5. The molecule has 1 fully saturated rings. The molecule has 0 atom stereocenters. The van der Waals surface area contributed by atoms with Crippen LogP contribution < -0.4 is 10.6 Å². The molecule has 0 unspecified atom stereocenters. The Labute approximate surface area is 208 Å². The molecule has 3 aromatic carbocycles. The number of carbonyl (C=O) groups excluding carboxylic acids is 1. The van der Waals surface area contributed by atoms with E-state index in [1.807, 2.05) is 66.9 Å². The van der Waals surface area contributed by atoms with Crippen molar-refractivity contribution in [2.45, 2.75) is 18.9 Å². The van der Waals surface area contributed by atoms with E-state index in [0.717, 1.165) is 51.7 Å². The number of hydrogen-bond donors (Lipinski definition) is 3. The van der Waals surface area contributed by atoms with E-state index in [-0.39, 0.29) is 5.91 Å². The van der Waals surface area contributed by atoms with Gasteiger partial charge in [-0.3, -0.25) is 9.78 Å². The van der Waals surface area contributed by atoms with E-state index in [2.05, 4.69) is 38.8 Å². The molecule has 2 aromatic heterocycles. The van der Waals surface area contributed by atoms with Crippen LogP contribution >= 0.6 is 0 Å². The van der Waals surface area contributed by atoms with E-state index in [4.69, 9.17) is 0 Å². The molecule has 0 spiro atoms. The molecule has 0 aliphatic heterocycles. The molecule has 0 radical (unpaired) electrons. The van der Waals surface area contributed by atoms with Gasteiger partial charge in [-0.1, -0.05) is 30.3 Å². The molecule has 1 saturated carbocycles. The molecule has 1 amide bonds. The van der Waals surface area contributed by atoms with Crippen molar-refractivity contribution in [3.05, 3.63) is 103 Å². The minimum atomic E-state index is -0.0225. The van der Waals surface area contributed by atoms with Crippen molar-refractivity contribution in [2.24, 2.45) is 0 Å². The second-order valence-electron chi connectivity index (χ2n) is 9.03. The molecule has 1 aliphatic rings. The quantitative estimate of drug-likeness (QED) is 0.268. The monoisotopic (exact) mass is 469 g/mol. The van der Waals surface area contributed by atoms with E-state index in [0.29, 0.717) is 22.9 Å². The van der Waals surface area contributed by atoms with Gasteiger partial charge in [-0.15, -0.1) is 0 Å². The number of fused-ring (bicyclic) bond motifs is 1. The van der Waals surface area contributed by atoms with Crippen LogP contribution in [0.2, 0.25) is 0 Å². The molecule has 1 aliphatic carbocycles. The molecule has 2 heterocycles. The molecular weight excluding hydrogens is 446 g/mol. The molecule has 5 aromatic rings. The number of rotatable bonds is 6. The Kier molecular flexibility index (Phi) is 5.44. The van der Waals surface area contributed by atoms with Crippen LogP contribution in [-0.4, -0.2) is 21.9 Å². The average molecular weight is 470 g/mol. The van der Waals surface area contributed by atoms with Crippen LogP contribution in [0.4, 0.5) is 11.4 Å². The number of H-pyrrole nitrogens is 1. The van der Waals surface area contributed by atoms with Crippen LogP contribution in [0.15, 0.2) is 91.4 Å². The lowest BCUT2D eigenvalue weighted by molar-refractivity contribution is 0.0951. The lowest BCUT2D eigenvalue weighted by atomic mass is 9.97. The van der Waals surface area contributed by atoms with E-state index in [9.17, 15) is 10.1 Å². The first kappa shape index (κ1) is 21.6. The first-order chi connectivity index (χ1) is 17.7. The normalized spacial score (nSPS) is 12.8. The SMILES string of the molecule is N#Cc1cncc(-c2cccc(-c3ccc(C(=O)NC4CC4)cc3)c2)c1Nc1ccc2[nH]ccc2c1. The van der Waals surface area contributed by atoms with Crippen LogP contribution in [-0.2, 0) is 0 Å². The molecule has 0 saturated heterocycles. The lowest BCUT2D eigenvalue weighted by Crippen LogP contribution is -2.25. The Morgan fingerprint density at radius 3 is 2.58 bits per heavy atom. The van der Waals surface area contributed by atoms with Crippen LogP contribution in [0.1, 0.15) is 28.8 Å². The third-order valence-electron chi connectivity index (χ3n) is 6.46. The fourth-order valence-corrected chi connectivity index (χ4v) is 4.35. The third-order valence-corrected chi connectivity index (χ3v) is 6.46. The van der Waals surface area contributed by atoms with Gasteiger partial charge in [0.2, 0.25) is 0 Å². The Morgan fingerprint density at radius 2 is 1.78 bits per heavy atom. The standard InChI is InChI=1S/C30H23N5O/c31-16-24-17-32-18-27(29(24)34-26-10-11-28-23(15-26)12-13-33-28)22-3-1-2-21(14-22)19-4-6-20(7-5-19)30(36)35-25-8-9-25/h1-7,10-15,17-18,25,33H,8-9H2,(H,32,34)(H,35,36). The van der Waals surface area contributed by atoms with Gasteiger partial charge in [0.15, 0.2) is 0 Å². The molecule has 6 nitrogen and oxygen atoms in total. The van der Waals surface area contributed by atoms with E-state index >= 15 is 0 Å². The highest BCUT2D eigenvalue weighted by molar-refractivity contribution is 5.95. The summed E-state index contributed by atoms with van der Waals surface area (Å²) in [5.74, 6) is -0.0225. The molecular formula is C30H23N5O. The summed E-state index contributed by atoms with van der Waals surface area (Å²) in [5, 5.41) is 17.4. The maximum atomic E-state index is 12.3. The number of aromatic amines is 1. The number of carbonyl (C=O) groups is 1. The minimum absolute atomic E-state index is 0.0225. The smallest absolute Gasteiger partial charge is 0.251 e. The van der Waals surface area contributed by atoms with E-state index in [1.54, 1.807) is 12.4 Å². The Bertz CT molecular complexity index is 1620. The maximum Gasteiger partial charge on any atom is 0.251 e. The summed E-state index contributed by atoms with van der Waals surface area (Å²) in [6.07, 6.45) is 7.40. The van der Waals surface area contributed by atoms with Gasteiger partial charge in [-0.2, -0.15) is 5.26 Å². The number of hydrogen-bond acceptors (Lipinski definition) is 4. The zero-order valence-electron chi connectivity index (χ0n) is 19.5. The number of amides is 1. The largest absolute Gasteiger partial charge is 0.361 e. The fourth-order valence-electron chi connectivity index (χ4n) is 4.35. The summed E-state index contributed by atoms with van der Waals surface area (Å²) in [4.78, 5) is 19.9. The maximum absolute atomic E-state index is 12.3. The summed E-state index contributed by atoms with van der Waals surface area (Å²) in [6.45, 7) is 0. The summed E-state index contributed by atoms with van der Waals surface area (Å²) in [7, 11) is 0. The number of benzene rings is 3. The number of aromatic nitrogens is 2. The number of anilines is 2. The van der Waals surface area contributed by atoms with Crippen molar-refractivity contribution in [2.75, 3.05) is 5.32 Å². The predicted octanol–water partition coefficient (Wildman–Crippen LogP) is 6.40. The van der Waals surface area contributed by atoms with Gasteiger partial charge in [0.1, 0.15) is 6.07 Å². The van der Waals surface area contributed by atoms with Gasteiger partial charge in [-0.25, -0.2) is 0 Å². The molecule has 36 heavy (non-hydrogen) atoms. The highest BCUT2D eigenvalue weighted by atomic mass is 16.1. The van der Waals surface area contributed by atoms with Gasteiger partial charge in [0.05, 0.1) is 11.3 Å². The van der Waals surface area contributed by atoms with Crippen LogP contribution in [0.5, 0.6) is 0 Å². The molecule has 3 N–H and O–H groups in total. The third kappa shape index (κ3) is 4.30. The summed E-state index contributed by atoms with van der Waals surface area (Å²) in [5.41, 5.74) is 7.61. The number of nitrogens with zero attached hydrogens (tertiary/aromatic N) is 2. The number of pyridine rings is 1. The molecule has 0 bridgehead atoms. The fraction of sp³-hybridized carbons (Fsp3) is 0.100. The average Bonchev–Trinajstić information content (AvgIpc) is 3.61. The zero-order chi connectivity index (χ0) is 24.5. The topological polar surface area (TPSA) is 93.6 Å². The van der Waals surface area contributed by atoms with Crippen molar-refractivity contribution in [1.82, 2.24) is 15.3 Å². The predicted molar refractivity (Wildman–Crippen MR) is 142 cm³/mol. The second-order valence-corrected chi connectivity index (χ2v) is 9.03. The van der Waals surface area contributed by atoms with Crippen LogP contribution in [0.25, 0.3) is 33.2 Å². The molecule has 6 heteroatoms. The van der Waals surface area contributed by atoms with Crippen LogP contribution in [0.3, 0.4) is 0 Å². The highest BCUT2D eigenvalue weighted by Gasteiger charge is 2.23. The number of nitrogens with one attached hydrogen (secondary N) is 3. The van der Waals surface area contributed by atoms with Crippen molar-refractivity contribution in [1.29, 1.82) is 5.26 Å². The van der Waals surface area contributed by atoms with Gasteiger partial charge in [-0.05, 0) is 72.0 Å². The van der Waals surface area contributed by atoms with Gasteiger partial charge in [0.25, 0.3) is 5.91 Å². The van der Waals surface area contributed by atoms with Crippen molar-refractivity contribution < 1.29 is 4.79 Å². The van der Waals surface area contributed by atoms with Gasteiger partial charge < -0.3 is 15.6 Å². The number of nitriles is 1. The summed E-state index contributed by atoms with van der Waals surface area (Å²) >= 11 is 0. The molecule has 174 valence electrons. The Hall–Kier alpha value is -4.89. The van der Waals surface area contributed by atoms with E-state index in [1.165, 1.54) is 0 Å². The Morgan fingerprint density at radius 1 is 0.944 bits per heavy atom. The van der Waals surface area contributed by atoms with Crippen molar-refractivity contribution in [3.8, 4) is 28.3 Å². The van der Waals surface area contributed by atoms with Crippen molar-refractivity contribution in [3.63, 3.8) is 0 Å². The lowest BCUT2D eigenvalue weighted by Gasteiger charge is -2.15. The van der Waals surface area contributed by atoms with Gasteiger partial charge in [0, 0.05) is 52.3 Å². The summed E-state index contributed by atoms with van der Waals surface area (Å²) in [6, 6.07) is 26.5. The first-order valence-electron chi connectivity index (χ1n) is 11.9. The van der Waals surface area contributed by atoms with Crippen LogP contribution in [0, 0.1) is 11.3 Å². The highest BCUT2D eigenvalue weighted by Crippen LogP contribution is 2.35. The first-order valence-corrected chi connectivity index (χ1v) is 11.9. The van der Waals surface area contributed by atoms with Gasteiger partial charge >= 0.3 is 0 Å².